The van der Waals surface area contributed by atoms with E-state index < -0.39 is 0 Å². The molecule has 0 saturated carbocycles. The Morgan fingerprint density at radius 2 is 2.07 bits per heavy atom. The lowest BCUT2D eigenvalue weighted by Gasteiger charge is -2.11. The number of fused-ring (bicyclic) bond motifs is 1. The smallest absolute Gasteiger partial charge is 0.259 e. The van der Waals surface area contributed by atoms with Crippen molar-refractivity contribution in [2.24, 2.45) is 0 Å². The van der Waals surface area contributed by atoms with Crippen LogP contribution in [0.2, 0.25) is 0 Å². The van der Waals surface area contributed by atoms with Crippen LogP contribution in [0.25, 0.3) is 11.0 Å². The maximum Gasteiger partial charge on any atom is 0.259 e. The number of hydrogen-bond donors (Lipinski definition) is 1. The van der Waals surface area contributed by atoms with E-state index in [2.05, 4.69) is 20.4 Å². The number of nitrogens with one attached hydrogen (secondary N) is 1. The summed E-state index contributed by atoms with van der Waals surface area (Å²) in [4.78, 5) is 20.8. The molecule has 0 radical (unpaired) electrons. The molecule has 0 atom stereocenters. The molecule has 4 aromatic rings. The molecule has 1 aromatic carbocycles. The lowest BCUT2D eigenvalue weighted by Crippen LogP contribution is -2.12. The number of hydrogen-bond acceptors (Lipinski definition) is 7. The lowest BCUT2D eigenvalue weighted by atomic mass is 10.2. The number of rotatable bonds is 6. The van der Waals surface area contributed by atoms with Gasteiger partial charge in [0.15, 0.2) is 10.8 Å². The highest BCUT2D eigenvalue weighted by atomic mass is 32.1. The van der Waals surface area contributed by atoms with Crippen molar-refractivity contribution in [3.8, 4) is 11.5 Å². The average Bonchev–Trinajstić information content (AvgIpc) is 3.38. The largest absolute Gasteiger partial charge is 0.497 e. The maximum atomic E-state index is 12.4. The van der Waals surface area contributed by atoms with Gasteiger partial charge in [-0.25, -0.2) is 14.6 Å². The number of carbonyl (C=O) groups excluding carboxylic acids is 1. The summed E-state index contributed by atoms with van der Waals surface area (Å²) in [6, 6.07) is 7.40. The Morgan fingerprint density at radius 1 is 1.18 bits per heavy atom. The van der Waals surface area contributed by atoms with Crippen LogP contribution >= 0.6 is 11.3 Å². The van der Waals surface area contributed by atoms with Crippen molar-refractivity contribution in [1.82, 2.24) is 19.7 Å². The Hall–Kier alpha value is -3.46. The van der Waals surface area contributed by atoms with Crippen LogP contribution in [-0.4, -0.2) is 39.9 Å². The molecule has 0 fully saturated rings. The number of amides is 1. The van der Waals surface area contributed by atoms with Gasteiger partial charge >= 0.3 is 0 Å². The van der Waals surface area contributed by atoms with Crippen molar-refractivity contribution < 1.29 is 14.3 Å². The van der Waals surface area contributed by atoms with Crippen molar-refractivity contribution in [2.45, 2.75) is 6.54 Å². The third-order valence-electron chi connectivity index (χ3n) is 4.21. The molecule has 1 N–H and O–H groups in total. The first-order chi connectivity index (χ1) is 13.7. The Morgan fingerprint density at radius 3 is 2.82 bits per heavy atom. The first-order valence-electron chi connectivity index (χ1n) is 8.41. The standard InChI is InChI=1S/C19H17N5O3S/c1-26-15-4-3-12(16(8-15)27-2)11-24-17-13(10-22-24)7-14(9-21-17)18(25)23-19-20-5-6-28-19/h3-10H,11H2,1-2H3,(H,20,23,25). The van der Waals surface area contributed by atoms with E-state index in [9.17, 15) is 4.79 Å². The van der Waals surface area contributed by atoms with E-state index in [4.69, 9.17) is 9.47 Å². The topological polar surface area (TPSA) is 91.2 Å². The number of pyridine rings is 1. The van der Waals surface area contributed by atoms with E-state index in [1.54, 1.807) is 42.7 Å². The van der Waals surface area contributed by atoms with Crippen LogP contribution in [0.3, 0.4) is 0 Å². The summed E-state index contributed by atoms with van der Waals surface area (Å²) in [6.45, 7) is 0.480. The van der Waals surface area contributed by atoms with E-state index in [1.165, 1.54) is 17.5 Å². The minimum absolute atomic E-state index is 0.256. The van der Waals surface area contributed by atoms with Crippen molar-refractivity contribution in [2.75, 3.05) is 19.5 Å². The molecule has 0 unspecified atom stereocenters. The van der Waals surface area contributed by atoms with Crippen molar-refractivity contribution in [3.63, 3.8) is 0 Å². The molecule has 28 heavy (non-hydrogen) atoms. The molecule has 0 aliphatic carbocycles. The average molecular weight is 395 g/mol. The molecular weight excluding hydrogens is 378 g/mol. The highest BCUT2D eigenvalue weighted by molar-refractivity contribution is 7.13. The second-order valence-electron chi connectivity index (χ2n) is 5.91. The van der Waals surface area contributed by atoms with Gasteiger partial charge in [0.25, 0.3) is 5.91 Å². The Bertz CT molecular complexity index is 1120. The van der Waals surface area contributed by atoms with Crippen LogP contribution in [0.1, 0.15) is 15.9 Å². The van der Waals surface area contributed by atoms with Crippen molar-refractivity contribution in [3.05, 3.63) is 59.4 Å². The van der Waals surface area contributed by atoms with Gasteiger partial charge in [0.2, 0.25) is 0 Å². The van der Waals surface area contributed by atoms with E-state index in [0.717, 1.165) is 16.7 Å². The van der Waals surface area contributed by atoms with E-state index in [-0.39, 0.29) is 5.91 Å². The first kappa shape index (κ1) is 17.9. The highest BCUT2D eigenvalue weighted by Gasteiger charge is 2.13. The normalized spacial score (nSPS) is 10.8. The summed E-state index contributed by atoms with van der Waals surface area (Å²) in [5.74, 6) is 1.18. The molecule has 0 aliphatic heterocycles. The van der Waals surface area contributed by atoms with Gasteiger partial charge in [-0.15, -0.1) is 11.3 Å². The van der Waals surface area contributed by atoms with Crippen LogP contribution in [0.5, 0.6) is 11.5 Å². The number of methoxy groups -OCH3 is 2. The molecule has 1 amide bonds. The van der Waals surface area contributed by atoms with E-state index in [1.807, 2.05) is 18.2 Å². The van der Waals surface area contributed by atoms with Gasteiger partial charge in [-0.05, 0) is 18.2 Å². The van der Waals surface area contributed by atoms with Crippen LogP contribution in [0.15, 0.2) is 48.2 Å². The third kappa shape index (κ3) is 3.52. The predicted octanol–water partition coefficient (Wildman–Crippen LogP) is 3.21. The minimum Gasteiger partial charge on any atom is -0.497 e. The highest BCUT2D eigenvalue weighted by Crippen LogP contribution is 2.26. The van der Waals surface area contributed by atoms with Gasteiger partial charge < -0.3 is 9.47 Å². The van der Waals surface area contributed by atoms with E-state index in [0.29, 0.717) is 28.6 Å². The quantitative estimate of drug-likeness (QED) is 0.539. The summed E-state index contributed by atoms with van der Waals surface area (Å²) in [5, 5.41) is 10.3. The molecule has 0 saturated heterocycles. The molecule has 4 rings (SSSR count). The summed E-state index contributed by atoms with van der Waals surface area (Å²) >= 11 is 1.36. The molecule has 142 valence electrons. The fraction of sp³-hybridized carbons (Fsp3) is 0.158. The monoisotopic (exact) mass is 395 g/mol. The third-order valence-corrected chi connectivity index (χ3v) is 4.89. The maximum absolute atomic E-state index is 12.4. The molecule has 3 aromatic heterocycles. The van der Waals surface area contributed by atoms with Gasteiger partial charge in [0, 0.05) is 34.8 Å². The van der Waals surface area contributed by atoms with Crippen LogP contribution in [0, 0.1) is 0 Å². The van der Waals surface area contributed by atoms with Crippen molar-refractivity contribution in [1.29, 1.82) is 0 Å². The fourth-order valence-corrected chi connectivity index (χ4v) is 3.33. The molecule has 8 nitrogen and oxygen atoms in total. The summed E-state index contributed by atoms with van der Waals surface area (Å²) in [6.07, 6.45) is 4.87. The predicted molar refractivity (Wildman–Crippen MR) is 106 cm³/mol. The van der Waals surface area contributed by atoms with Crippen LogP contribution < -0.4 is 14.8 Å². The second kappa shape index (κ2) is 7.65. The number of nitrogens with zero attached hydrogens (tertiary/aromatic N) is 4. The minimum atomic E-state index is -0.256. The molecule has 0 aliphatic rings. The number of anilines is 1. The zero-order chi connectivity index (χ0) is 19.5. The molecular formula is C19H17N5O3S. The van der Waals surface area contributed by atoms with E-state index >= 15 is 0 Å². The first-order valence-corrected chi connectivity index (χ1v) is 9.29. The van der Waals surface area contributed by atoms with Gasteiger partial charge in [-0.2, -0.15) is 5.10 Å². The molecule has 0 bridgehead atoms. The molecule has 3 heterocycles. The Balaban J connectivity index is 1.59. The van der Waals surface area contributed by atoms with Gasteiger partial charge in [-0.1, -0.05) is 0 Å². The molecule has 0 spiro atoms. The number of carbonyl (C=O) groups is 1. The zero-order valence-corrected chi connectivity index (χ0v) is 16.1. The summed E-state index contributed by atoms with van der Waals surface area (Å²) in [7, 11) is 3.23. The molecule has 9 heteroatoms. The lowest BCUT2D eigenvalue weighted by molar-refractivity contribution is 0.102. The number of benzene rings is 1. The zero-order valence-electron chi connectivity index (χ0n) is 15.2. The summed E-state index contributed by atoms with van der Waals surface area (Å²) in [5.41, 5.74) is 2.08. The number of thiazole rings is 1. The van der Waals surface area contributed by atoms with Crippen LogP contribution in [0.4, 0.5) is 5.13 Å². The Kier molecular flexibility index (Phi) is 4.90. The van der Waals surface area contributed by atoms with Crippen LogP contribution in [-0.2, 0) is 6.54 Å². The SMILES string of the molecule is COc1ccc(Cn2ncc3cc(C(=O)Nc4nccs4)cnc32)c(OC)c1. The van der Waals surface area contributed by atoms with Crippen molar-refractivity contribution >= 4 is 33.4 Å². The number of ether oxygens (including phenoxy) is 2. The number of aromatic nitrogens is 4. The Labute approximate surface area is 164 Å². The van der Waals surface area contributed by atoms with Gasteiger partial charge in [0.05, 0.1) is 32.5 Å². The summed E-state index contributed by atoms with van der Waals surface area (Å²) < 4.78 is 12.4. The van der Waals surface area contributed by atoms with Gasteiger partial charge in [-0.3, -0.25) is 10.1 Å². The van der Waals surface area contributed by atoms with Gasteiger partial charge in [0.1, 0.15) is 11.5 Å². The fourth-order valence-electron chi connectivity index (χ4n) is 2.81. The second-order valence-corrected chi connectivity index (χ2v) is 6.80.